The average molecular weight is 146 g/mol. The second-order valence-corrected chi connectivity index (χ2v) is 3.36. The van der Waals surface area contributed by atoms with Crippen molar-refractivity contribution in [1.29, 1.82) is 0 Å². The van der Waals surface area contributed by atoms with Gasteiger partial charge in [0.2, 0.25) is 0 Å². The molecule has 52 valence electrons. The summed E-state index contributed by atoms with van der Waals surface area (Å²) >= 11 is 0. The molecule has 2 rings (SSSR count). The van der Waals surface area contributed by atoms with Gasteiger partial charge in [0.1, 0.15) is 0 Å². The van der Waals surface area contributed by atoms with E-state index in [1.54, 1.807) is 0 Å². The Kier molecular flexibility index (Phi) is 1.71. The molecule has 0 amide bonds. The Labute approximate surface area is 56.9 Å². The summed E-state index contributed by atoms with van der Waals surface area (Å²) in [6.45, 7) is 0. The van der Waals surface area contributed by atoms with Gasteiger partial charge in [-0.25, -0.2) is 0 Å². The maximum absolute atomic E-state index is 5.31. The second-order valence-electron chi connectivity index (χ2n) is 2.72. The van der Waals surface area contributed by atoms with E-state index in [4.69, 9.17) is 9.05 Å². The van der Waals surface area contributed by atoms with Crippen LogP contribution in [-0.4, -0.2) is 12.2 Å². The van der Waals surface area contributed by atoms with Gasteiger partial charge in [-0.1, -0.05) is 0 Å². The van der Waals surface area contributed by atoms with Crippen LogP contribution in [0.3, 0.4) is 0 Å². The molecule has 0 saturated heterocycles. The summed E-state index contributed by atoms with van der Waals surface area (Å²) in [7, 11) is 0.318. The zero-order chi connectivity index (χ0) is 6.10. The van der Waals surface area contributed by atoms with Gasteiger partial charge >= 0.3 is 0 Å². The molecule has 2 saturated carbocycles. The van der Waals surface area contributed by atoms with Crippen LogP contribution in [0.2, 0.25) is 0 Å². The molecule has 0 atom stereocenters. The Morgan fingerprint density at radius 3 is 1.67 bits per heavy atom. The first-order valence-electron chi connectivity index (χ1n) is 3.51. The van der Waals surface area contributed by atoms with Gasteiger partial charge in [0, 0.05) is 0 Å². The van der Waals surface area contributed by atoms with Crippen molar-refractivity contribution >= 4 is 9.03 Å². The molecule has 2 aliphatic rings. The monoisotopic (exact) mass is 146 g/mol. The van der Waals surface area contributed by atoms with Crippen LogP contribution < -0.4 is 0 Å². The third-order valence-electron chi connectivity index (χ3n) is 1.48. The lowest BCUT2D eigenvalue weighted by molar-refractivity contribution is 0.251. The van der Waals surface area contributed by atoms with Crippen molar-refractivity contribution in [1.82, 2.24) is 0 Å². The minimum Gasteiger partial charge on any atom is -0.333 e. The predicted molar refractivity (Wildman–Crippen MR) is 36.5 cm³/mol. The Bertz CT molecular complexity index is 87.2. The van der Waals surface area contributed by atoms with Gasteiger partial charge in [0.25, 0.3) is 0 Å². The lowest BCUT2D eigenvalue weighted by Gasteiger charge is -1.99. The molecule has 2 aliphatic carbocycles. The highest BCUT2D eigenvalue weighted by atomic mass is 31.1. The number of rotatable bonds is 4. The summed E-state index contributed by atoms with van der Waals surface area (Å²) in [6.07, 6.45) is 6.12. The molecule has 0 aliphatic heterocycles. The Morgan fingerprint density at radius 2 is 1.33 bits per heavy atom. The zero-order valence-corrected chi connectivity index (χ0v) is 6.30. The number of hydrogen-bond acceptors (Lipinski definition) is 2. The summed E-state index contributed by atoms with van der Waals surface area (Å²) in [5.41, 5.74) is 0. The molecule has 2 nitrogen and oxygen atoms in total. The lowest BCUT2D eigenvalue weighted by Crippen LogP contribution is -1.84. The van der Waals surface area contributed by atoms with Crippen molar-refractivity contribution < 1.29 is 9.05 Å². The van der Waals surface area contributed by atoms with Crippen LogP contribution in [0.1, 0.15) is 25.7 Å². The van der Waals surface area contributed by atoms with E-state index in [2.05, 4.69) is 0 Å². The van der Waals surface area contributed by atoms with Gasteiger partial charge in [0.15, 0.2) is 9.03 Å². The molecule has 3 heteroatoms. The fraction of sp³-hybridized carbons (Fsp3) is 1.00. The van der Waals surface area contributed by atoms with Crippen LogP contribution in [0.4, 0.5) is 0 Å². The average Bonchev–Trinajstić information content (AvgIpc) is 2.57. The molecule has 0 spiro atoms. The Morgan fingerprint density at radius 1 is 0.889 bits per heavy atom. The molecule has 9 heavy (non-hydrogen) atoms. The summed E-state index contributed by atoms with van der Waals surface area (Å²) in [6, 6.07) is 0. The molecule has 0 aromatic rings. The third-order valence-corrected chi connectivity index (χ3v) is 2.34. The van der Waals surface area contributed by atoms with Crippen LogP contribution in [0.15, 0.2) is 0 Å². The molecule has 0 radical (unpaired) electrons. The van der Waals surface area contributed by atoms with Crippen molar-refractivity contribution in [3.05, 3.63) is 0 Å². The highest BCUT2D eigenvalue weighted by molar-refractivity contribution is 7.26. The van der Waals surface area contributed by atoms with Crippen LogP contribution in [0.25, 0.3) is 0 Å². The normalized spacial score (nSPS) is 26.7. The quantitative estimate of drug-likeness (QED) is 0.563. The molecule has 0 aromatic carbocycles. The molecule has 2 fully saturated rings. The molecule has 0 heterocycles. The minimum absolute atomic E-state index is 0.318. The third kappa shape index (κ3) is 2.21. The van der Waals surface area contributed by atoms with E-state index in [-0.39, 0.29) is 0 Å². The van der Waals surface area contributed by atoms with E-state index in [1.807, 2.05) is 0 Å². The van der Waals surface area contributed by atoms with Crippen molar-refractivity contribution in [2.24, 2.45) is 0 Å². The topological polar surface area (TPSA) is 18.5 Å². The summed E-state index contributed by atoms with van der Waals surface area (Å²) in [5, 5.41) is 0. The highest BCUT2D eigenvalue weighted by Crippen LogP contribution is 2.36. The van der Waals surface area contributed by atoms with Gasteiger partial charge in [-0.15, -0.1) is 0 Å². The smallest absolute Gasteiger partial charge is 0.155 e. The van der Waals surface area contributed by atoms with Gasteiger partial charge in [-0.05, 0) is 25.7 Å². The van der Waals surface area contributed by atoms with Crippen molar-refractivity contribution in [2.75, 3.05) is 0 Å². The Hall–Kier alpha value is 0.350. The van der Waals surface area contributed by atoms with Gasteiger partial charge < -0.3 is 9.05 Å². The lowest BCUT2D eigenvalue weighted by atomic mass is 10.9. The minimum atomic E-state index is 0.318. The predicted octanol–water partition coefficient (Wildman–Crippen LogP) is 1.85. The van der Waals surface area contributed by atoms with Gasteiger partial charge in [0.05, 0.1) is 12.2 Å². The first-order valence-corrected chi connectivity index (χ1v) is 4.33. The zero-order valence-electron chi connectivity index (χ0n) is 5.30. The highest BCUT2D eigenvalue weighted by Gasteiger charge is 2.25. The first-order chi connectivity index (χ1) is 4.45. The van der Waals surface area contributed by atoms with E-state index in [0.29, 0.717) is 21.2 Å². The molecule has 0 aromatic heterocycles. The van der Waals surface area contributed by atoms with Crippen molar-refractivity contribution in [3.8, 4) is 0 Å². The molecule has 0 bridgehead atoms. The Balaban J connectivity index is 1.46. The first kappa shape index (κ1) is 6.09. The van der Waals surface area contributed by atoms with Crippen LogP contribution >= 0.6 is 9.03 Å². The molecular formula is C6H11O2P. The SMILES string of the molecule is C1CC1OPOC1CC1. The fourth-order valence-electron chi connectivity index (χ4n) is 0.536. The second kappa shape index (κ2) is 2.53. The maximum Gasteiger partial charge on any atom is 0.155 e. The largest absolute Gasteiger partial charge is 0.333 e. The van der Waals surface area contributed by atoms with Crippen LogP contribution in [-0.2, 0) is 9.05 Å². The van der Waals surface area contributed by atoms with E-state index in [1.165, 1.54) is 25.7 Å². The molecule has 0 N–H and O–H groups in total. The summed E-state index contributed by atoms with van der Waals surface area (Å²) < 4.78 is 10.6. The van der Waals surface area contributed by atoms with E-state index in [9.17, 15) is 0 Å². The summed E-state index contributed by atoms with van der Waals surface area (Å²) in [5.74, 6) is 0. The van der Waals surface area contributed by atoms with E-state index < -0.39 is 0 Å². The molecule has 0 unspecified atom stereocenters. The summed E-state index contributed by atoms with van der Waals surface area (Å²) in [4.78, 5) is 0. The van der Waals surface area contributed by atoms with Crippen molar-refractivity contribution in [2.45, 2.75) is 37.9 Å². The number of hydrogen-bond donors (Lipinski definition) is 0. The van der Waals surface area contributed by atoms with E-state index >= 15 is 0 Å². The van der Waals surface area contributed by atoms with Gasteiger partial charge in [-0.3, -0.25) is 0 Å². The fourth-order valence-corrected chi connectivity index (χ4v) is 1.33. The van der Waals surface area contributed by atoms with Crippen molar-refractivity contribution in [3.63, 3.8) is 0 Å². The maximum atomic E-state index is 5.31. The standard InChI is InChI=1S/C6H11O2P/c1-2-5(1)7-9-8-6-3-4-6/h5-6,9H,1-4H2. The van der Waals surface area contributed by atoms with Crippen LogP contribution in [0, 0.1) is 0 Å². The molecular weight excluding hydrogens is 135 g/mol. The van der Waals surface area contributed by atoms with E-state index in [0.717, 1.165) is 0 Å². The van der Waals surface area contributed by atoms with Crippen LogP contribution in [0.5, 0.6) is 0 Å². The van der Waals surface area contributed by atoms with Gasteiger partial charge in [-0.2, -0.15) is 0 Å².